The highest BCUT2D eigenvalue weighted by molar-refractivity contribution is 6.21. The summed E-state index contributed by atoms with van der Waals surface area (Å²) in [5.41, 5.74) is 14.6. The van der Waals surface area contributed by atoms with Crippen LogP contribution >= 0.6 is 0 Å². The van der Waals surface area contributed by atoms with E-state index in [0.29, 0.717) is 0 Å². The Kier molecular flexibility index (Phi) is 5.50. The van der Waals surface area contributed by atoms with Gasteiger partial charge in [-0.3, -0.25) is 4.98 Å². The van der Waals surface area contributed by atoms with Gasteiger partial charge >= 0.3 is 0 Å². The molecule has 12 rings (SSSR count). The predicted octanol–water partition coefficient (Wildman–Crippen LogP) is 12.9. The van der Waals surface area contributed by atoms with Crippen LogP contribution in [0.15, 0.2) is 176 Å². The third-order valence-electron chi connectivity index (χ3n) is 11.3. The minimum absolute atomic E-state index is 1.15. The van der Waals surface area contributed by atoms with Gasteiger partial charge in [0.15, 0.2) is 0 Å². The van der Waals surface area contributed by atoms with Gasteiger partial charge in [-0.2, -0.15) is 0 Å². The fourth-order valence-electron chi connectivity index (χ4n) is 9.04. The molecule has 0 saturated heterocycles. The molecule has 0 aliphatic heterocycles. The average molecular weight is 660 g/mol. The maximum Gasteiger partial charge on any atom is 0.0619 e. The van der Waals surface area contributed by atoms with Crippen LogP contribution in [-0.4, -0.2) is 14.1 Å². The largest absolute Gasteiger partial charge is 0.309 e. The minimum atomic E-state index is 1.15. The van der Waals surface area contributed by atoms with Gasteiger partial charge in [-0.15, -0.1) is 0 Å². The highest BCUT2D eigenvalue weighted by Gasteiger charge is 2.24. The molecule has 0 spiro atoms. The molecule has 11 aromatic rings. The molecule has 0 atom stereocenters. The Balaban J connectivity index is 1.12. The van der Waals surface area contributed by atoms with Crippen molar-refractivity contribution in [1.29, 1.82) is 0 Å². The van der Waals surface area contributed by atoms with E-state index in [4.69, 9.17) is 4.98 Å². The second-order valence-corrected chi connectivity index (χ2v) is 14.0. The van der Waals surface area contributed by atoms with Crippen LogP contribution in [0.1, 0.15) is 0 Å². The number of benzene rings is 8. The van der Waals surface area contributed by atoms with Crippen molar-refractivity contribution in [2.75, 3.05) is 0 Å². The number of pyridine rings is 1. The van der Waals surface area contributed by atoms with Gasteiger partial charge in [0, 0.05) is 67.0 Å². The summed E-state index contributed by atoms with van der Waals surface area (Å²) in [7, 11) is 0. The van der Waals surface area contributed by atoms with E-state index in [1.54, 1.807) is 0 Å². The van der Waals surface area contributed by atoms with Crippen LogP contribution < -0.4 is 0 Å². The molecule has 3 heterocycles. The zero-order chi connectivity index (χ0) is 33.9. The Bertz CT molecular complexity index is 3290. The first kappa shape index (κ1) is 27.8. The molecular weight excluding hydrogens is 631 g/mol. The van der Waals surface area contributed by atoms with E-state index in [0.717, 1.165) is 11.1 Å². The second-order valence-electron chi connectivity index (χ2n) is 14.0. The molecular formula is C49H29N3. The lowest BCUT2D eigenvalue weighted by molar-refractivity contribution is 1.18. The summed E-state index contributed by atoms with van der Waals surface area (Å²) in [6.07, 6.45) is 4.04. The van der Waals surface area contributed by atoms with Crippen LogP contribution in [0.5, 0.6) is 0 Å². The van der Waals surface area contributed by atoms with Crippen molar-refractivity contribution >= 4 is 65.2 Å². The van der Waals surface area contributed by atoms with E-state index >= 15 is 0 Å². The Labute approximate surface area is 299 Å². The summed E-state index contributed by atoms with van der Waals surface area (Å²) in [4.78, 5) is 4.71. The van der Waals surface area contributed by atoms with Gasteiger partial charge in [0.05, 0.1) is 22.1 Å². The standard InChI is InChI=1S/C49H29N3/c1-2-11-34(12-3-1)51-45-17-9-8-16-39(45)41-25-31(19-22-46(41)51)32-20-23-47-42(26-32)40-21-18-30-10-4-5-13-36(30)49(40)52(47)35-24-33-28-50-29-44-38-15-7-6-14-37(38)43(27-35)48(33)44/h1-29H. The second kappa shape index (κ2) is 10.3. The number of rotatable bonds is 3. The Morgan fingerprint density at radius 1 is 0.346 bits per heavy atom. The molecule has 240 valence electrons. The zero-order valence-corrected chi connectivity index (χ0v) is 28.1. The Morgan fingerprint density at radius 3 is 1.83 bits per heavy atom. The summed E-state index contributed by atoms with van der Waals surface area (Å²) in [6, 6.07) is 60.2. The van der Waals surface area contributed by atoms with Crippen LogP contribution in [0.25, 0.3) is 110 Å². The van der Waals surface area contributed by atoms with Gasteiger partial charge in [0.25, 0.3) is 0 Å². The molecule has 0 fully saturated rings. The Morgan fingerprint density at radius 2 is 1.00 bits per heavy atom. The van der Waals surface area contributed by atoms with E-state index in [-0.39, 0.29) is 0 Å². The predicted molar refractivity (Wildman–Crippen MR) is 218 cm³/mol. The van der Waals surface area contributed by atoms with Crippen LogP contribution in [-0.2, 0) is 0 Å². The molecule has 0 N–H and O–H groups in total. The summed E-state index contributed by atoms with van der Waals surface area (Å²) < 4.78 is 4.86. The van der Waals surface area contributed by atoms with Crippen LogP contribution in [0.4, 0.5) is 0 Å². The quantitative estimate of drug-likeness (QED) is 0.185. The van der Waals surface area contributed by atoms with Gasteiger partial charge in [0.2, 0.25) is 0 Å². The molecule has 0 saturated carbocycles. The number of hydrogen-bond donors (Lipinski definition) is 0. The van der Waals surface area contributed by atoms with Crippen molar-refractivity contribution in [3.05, 3.63) is 176 Å². The van der Waals surface area contributed by atoms with Crippen molar-refractivity contribution in [3.8, 4) is 44.8 Å². The van der Waals surface area contributed by atoms with E-state index < -0.39 is 0 Å². The molecule has 0 bridgehead atoms. The van der Waals surface area contributed by atoms with Crippen molar-refractivity contribution in [2.45, 2.75) is 0 Å². The van der Waals surface area contributed by atoms with Crippen LogP contribution in [0.3, 0.4) is 0 Å². The van der Waals surface area contributed by atoms with Crippen molar-refractivity contribution in [1.82, 2.24) is 14.1 Å². The van der Waals surface area contributed by atoms with E-state index in [9.17, 15) is 0 Å². The number of nitrogens with zero attached hydrogens (tertiary/aromatic N) is 3. The first-order valence-corrected chi connectivity index (χ1v) is 17.9. The van der Waals surface area contributed by atoms with Crippen molar-refractivity contribution in [3.63, 3.8) is 0 Å². The van der Waals surface area contributed by atoms with Gasteiger partial charge in [0.1, 0.15) is 0 Å². The van der Waals surface area contributed by atoms with E-state index in [1.165, 1.54) is 98.8 Å². The lowest BCUT2D eigenvalue weighted by Gasteiger charge is -2.13. The molecule has 52 heavy (non-hydrogen) atoms. The highest BCUT2D eigenvalue weighted by atomic mass is 15.0. The number of aromatic nitrogens is 3. The lowest BCUT2D eigenvalue weighted by Crippen LogP contribution is -1.96. The van der Waals surface area contributed by atoms with Gasteiger partial charge in [-0.05, 0) is 87.8 Å². The fraction of sp³-hybridized carbons (Fsp3) is 0. The molecule has 3 nitrogen and oxygen atoms in total. The summed E-state index contributed by atoms with van der Waals surface area (Å²) in [5, 5.41) is 9.95. The van der Waals surface area contributed by atoms with Crippen LogP contribution in [0.2, 0.25) is 0 Å². The number of hydrogen-bond acceptors (Lipinski definition) is 1. The maximum atomic E-state index is 4.71. The highest BCUT2D eigenvalue weighted by Crippen LogP contribution is 2.48. The van der Waals surface area contributed by atoms with E-state index in [1.807, 2.05) is 12.4 Å². The molecule has 1 aliphatic carbocycles. The summed E-state index contributed by atoms with van der Waals surface area (Å²) >= 11 is 0. The third kappa shape index (κ3) is 3.72. The smallest absolute Gasteiger partial charge is 0.0619 e. The first-order valence-electron chi connectivity index (χ1n) is 17.9. The normalized spacial score (nSPS) is 12.2. The Hall–Kier alpha value is -6.97. The molecule has 3 heteroatoms. The molecule has 3 aromatic heterocycles. The molecule has 1 aliphatic rings. The van der Waals surface area contributed by atoms with Crippen LogP contribution in [0, 0.1) is 0 Å². The van der Waals surface area contributed by atoms with Crippen molar-refractivity contribution < 1.29 is 0 Å². The zero-order valence-electron chi connectivity index (χ0n) is 28.1. The lowest BCUT2D eigenvalue weighted by atomic mass is 10.00. The van der Waals surface area contributed by atoms with Crippen molar-refractivity contribution in [2.24, 2.45) is 0 Å². The fourth-order valence-corrected chi connectivity index (χ4v) is 9.04. The molecule has 0 unspecified atom stereocenters. The maximum absolute atomic E-state index is 4.71. The monoisotopic (exact) mass is 659 g/mol. The molecule has 0 amide bonds. The third-order valence-corrected chi connectivity index (χ3v) is 11.3. The average Bonchev–Trinajstić information content (AvgIpc) is 3.84. The number of fused-ring (bicyclic) bond motifs is 11. The van der Waals surface area contributed by atoms with E-state index in [2.05, 4.69) is 173 Å². The topological polar surface area (TPSA) is 22.8 Å². The summed E-state index contributed by atoms with van der Waals surface area (Å²) in [6.45, 7) is 0. The SMILES string of the molecule is c1ccc(-n2c3ccccc3c3cc(-c4ccc5c(c4)c4ccc6ccccc6c4n5-c4cc5c6c(cncc6c4)-c4ccccc4-5)ccc32)cc1. The van der Waals surface area contributed by atoms with Gasteiger partial charge in [-0.25, -0.2) is 0 Å². The molecule has 0 radical (unpaired) electrons. The number of para-hydroxylation sites is 2. The van der Waals surface area contributed by atoms with Gasteiger partial charge < -0.3 is 9.13 Å². The van der Waals surface area contributed by atoms with Gasteiger partial charge in [-0.1, -0.05) is 109 Å². The minimum Gasteiger partial charge on any atom is -0.309 e. The molecule has 8 aromatic carbocycles. The first-order chi connectivity index (χ1) is 25.8. The summed E-state index contributed by atoms with van der Waals surface area (Å²) in [5.74, 6) is 0.